The van der Waals surface area contributed by atoms with Gasteiger partial charge >= 0.3 is 0 Å². The second kappa shape index (κ2) is 8.47. The number of fused-ring (bicyclic) bond motifs is 1. The summed E-state index contributed by atoms with van der Waals surface area (Å²) in [6, 6.07) is 13.9. The molecule has 2 aromatic carbocycles. The second-order valence-electron chi connectivity index (χ2n) is 7.74. The minimum absolute atomic E-state index is 0.240. The third-order valence-electron chi connectivity index (χ3n) is 5.88. The summed E-state index contributed by atoms with van der Waals surface area (Å²) in [7, 11) is 5.09. The van der Waals surface area contributed by atoms with E-state index in [2.05, 4.69) is 32.0 Å². The molecule has 3 heterocycles. The Bertz CT molecular complexity index is 1240. The summed E-state index contributed by atoms with van der Waals surface area (Å²) in [4.78, 5) is 19.5. The van der Waals surface area contributed by atoms with Gasteiger partial charge in [-0.3, -0.25) is 0 Å². The zero-order valence-corrected chi connectivity index (χ0v) is 18.3. The number of hydrogen-bond acceptors (Lipinski definition) is 7. The van der Waals surface area contributed by atoms with Crippen molar-refractivity contribution in [3.8, 4) is 34.1 Å². The van der Waals surface area contributed by atoms with Crippen LogP contribution < -0.4 is 14.4 Å². The number of aromatic amines is 1. The fourth-order valence-corrected chi connectivity index (χ4v) is 4.09. The van der Waals surface area contributed by atoms with Gasteiger partial charge in [-0.05, 0) is 42.8 Å². The van der Waals surface area contributed by atoms with Crippen LogP contribution in [0.25, 0.3) is 33.8 Å². The van der Waals surface area contributed by atoms with E-state index in [0.717, 1.165) is 59.0 Å². The maximum absolute atomic E-state index is 5.62. The number of imidazole rings is 1. The van der Waals surface area contributed by atoms with Crippen molar-refractivity contribution in [3.63, 3.8) is 0 Å². The highest BCUT2D eigenvalue weighted by atomic mass is 16.5. The molecule has 32 heavy (non-hydrogen) atoms. The Kier molecular flexibility index (Phi) is 5.36. The number of anilines is 1. The van der Waals surface area contributed by atoms with E-state index < -0.39 is 0 Å². The van der Waals surface area contributed by atoms with Crippen LogP contribution >= 0.6 is 0 Å². The van der Waals surface area contributed by atoms with Gasteiger partial charge in [-0.2, -0.15) is 0 Å². The summed E-state index contributed by atoms with van der Waals surface area (Å²) < 4.78 is 16.4. The summed E-state index contributed by atoms with van der Waals surface area (Å²) >= 11 is 0. The minimum Gasteiger partial charge on any atom is -0.497 e. The lowest BCUT2D eigenvalue weighted by atomic mass is 10.1. The molecule has 8 nitrogen and oxygen atoms in total. The maximum atomic E-state index is 5.62. The van der Waals surface area contributed by atoms with Gasteiger partial charge in [-0.15, -0.1) is 0 Å². The number of aromatic nitrogens is 4. The fraction of sp³-hybridized carbons (Fsp3) is 0.292. The monoisotopic (exact) mass is 431 g/mol. The largest absolute Gasteiger partial charge is 0.497 e. The van der Waals surface area contributed by atoms with Crippen LogP contribution in [0.1, 0.15) is 6.42 Å². The van der Waals surface area contributed by atoms with Crippen LogP contribution in [0.3, 0.4) is 0 Å². The van der Waals surface area contributed by atoms with Gasteiger partial charge in [0.1, 0.15) is 22.7 Å². The van der Waals surface area contributed by atoms with Crippen molar-refractivity contribution in [3.05, 3.63) is 48.8 Å². The van der Waals surface area contributed by atoms with Crippen LogP contribution in [0, 0.1) is 0 Å². The van der Waals surface area contributed by atoms with E-state index in [1.165, 1.54) is 0 Å². The van der Waals surface area contributed by atoms with Crippen LogP contribution in [0.2, 0.25) is 0 Å². The Morgan fingerprint density at radius 3 is 2.47 bits per heavy atom. The van der Waals surface area contributed by atoms with Crippen LogP contribution in [-0.4, -0.2) is 60.5 Å². The molecule has 1 saturated heterocycles. The Morgan fingerprint density at radius 2 is 1.75 bits per heavy atom. The molecule has 0 radical (unpaired) electrons. The first kappa shape index (κ1) is 20.3. The summed E-state index contributed by atoms with van der Waals surface area (Å²) in [5.74, 6) is 2.16. The van der Waals surface area contributed by atoms with E-state index in [4.69, 9.17) is 19.2 Å². The predicted octanol–water partition coefficient (Wildman–Crippen LogP) is 3.93. The van der Waals surface area contributed by atoms with E-state index in [1.807, 2.05) is 30.3 Å². The first-order valence-corrected chi connectivity index (χ1v) is 10.5. The van der Waals surface area contributed by atoms with Crippen molar-refractivity contribution in [2.75, 3.05) is 39.3 Å². The van der Waals surface area contributed by atoms with E-state index >= 15 is 0 Å². The lowest BCUT2D eigenvalue weighted by Crippen LogP contribution is -2.22. The third kappa shape index (κ3) is 3.73. The average Bonchev–Trinajstić information content (AvgIpc) is 3.52. The van der Waals surface area contributed by atoms with Crippen molar-refractivity contribution >= 4 is 16.9 Å². The topological polar surface area (TPSA) is 85.4 Å². The molecule has 1 atom stereocenters. The molecule has 164 valence electrons. The molecular formula is C24H25N5O3. The summed E-state index contributed by atoms with van der Waals surface area (Å²) in [5.41, 5.74) is 5.09. The Hall–Kier alpha value is -3.65. The number of ether oxygens (including phenoxy) is 3. The minimum atomic E-state index is 0.240. The number of benzene rings is 2. The molecule has 0 amide bonds. The first-order valence-electron chi connectivity index (χ1n) is 10.5. The summed E-state index contributed by atoms with van der Waals surface area (Å²) in [6.07, 6.45) is 2.89. The van der Waals surface area contributed by atoms with Gasteiger partial charge in [0.2, 0.25) is 0 Å². The summed E-state index contributed by atoms with van der Waals surface area (Å²) in [6.45, 7) is 1.79. The number of rotatable bonds is 6. The SMILES string of the molecule is COc1ccc(-c2nc(-c3cc(OC)cc(N4CCC(OC)C4)c3)c3[nH]cnc3n2)cc1. The zero-order chi connectivity index (χ0) is 22.1. The predicted molar refractivity (Wildman–Crippen MR) is 123 cm³/mol. The van der Waals surface area contributed by atoms with Crippen molar-refractivity contribution in [1.82, 2.24) is 19.9 Å². The highest BCUT2D eigenvalue weighted by Crippen LogP contribution is 2.35. The highest BCUT2D eigenvalue weighted by molar-refractivity contribution is 5.89. The molecule has 1 aliphatic heterocycles. The molecule has 1 aliphatic rings. The Balaban J connectivity index is 1.62. The lowest BCUT2D eigenvalue weighted by Gasteiger charge is -2.20. The third-order valence-corrected chi connectivity index (χ3v) is 5.88. The number of methoxy groups -OCH3 is 3. The molecule has 0 aliphatic carbocycles. The van der Waals surface area contributed by atoms with Crippen LogP contribution in [0.4, 0.5) is 5.69 Å². The van der Waals surface area contributed by atoms with Gasteiger partial charge in [0.25, 0.3) is 0 Å². The molecule has 2 aromatic heterocycles. The molecular weight excluding hydrogens is 406 g/mol. The number of hydrogen-bond donors (Lipinski definition) is 1. The first-order chi connectivity index (χ1) is 15.7. The van der Waals surface area contributed by atoms with E-state index in [1.54, 1.807) is 27.7 Å². The van der Waals surface area contributed by atoms with Crippen molar-refractivity contribution in [2.24, 2.45) is 0 Å². The quantitative estimate of drug-likeness (QED) is 0.495. The number of nitrogens with zero attached hydrogens (tertiary/aromatic N) is 4. The van der Waals surface area contributed by atoms with Gasteiger partial charge < -0.3 is 24.1 Å². The summed E-state index contributed by atoms with van der Waals surface area (Å²) in [5, 5.41) is 0. The highest BCUT2D eigenvalue weighted by Gasteiger charge is 2.24. The smallest absolute Gasteiger partial charge is 0.181 e. The molecule has 8 heteroatoms. The molecule has 1 N–H and O–H groups in total. The van der Waals surface area contributed by atoms with Gasteiger partial charge in [0.15, 0.2) is 11.5 Å². The van der Waals surface area contributed by atoms with Crippen LogP contribution in [0.5, 0.6) is 11.5 Å². The molecule has 1 unspecified atom stereocenters. The van der Waals surface area contributed by atoms with E-state index in [0.29, 0.717) is 11.5 Å². The maximum Gasteiger partial charge on any atom is 0.181 e. The molecule has 1 fully saturated rings. The average molecular weight is 431 g/mol. The van der Waals surface area contributed by atoms with E-state index in [-0.39, 0.29) is 6.10 Å². The fourth-order valence-electron chi connectivity index (χ4n) is 4.09. The Morgan fingerprint density at radius 1 is 0.938 bits per heavy atom. The molecule has 0 spiro atoms. The van der Waals surface area contributed by atoms with Crippen LogP contribution in [-0.2, 0) is 4.74 Å². The van der Waals surface area contributed by atoms with Crippen LogP contribution in [0.15, 0.2) is 48.8 Å². The molecule has 5 rings (SSSR count). The standard InChI is InChI=1S/C24H25N5O3/c1-30-18-6-4-15(5-7-18)23-27-21(22-24(28-23)26-14-25-22)16-10-17(12-20(11-16)32-3)29-9-8-19(13-29)31-2/h4-7,10-12,14,19H,8-9,13H2,1-3H3,(H,25,26,27,28). The van der Waals surface area contributed by atoms with Crippen molar-refractivity contribution < 1.29 is 14.2 Å². The van der Waals surface area contributed by atoms with Crippen molar-refractivity contribution in [1.29, 1.82) is 0 Å². The second-order valence-corrected chi connectivity index (χ2v) is 7.74. The zero-order valence-electron chi connectivity index (χ0n) is 18.3. The normalized spacial score (nSPS) is 16.0. The lowest BCUT2D eigenvalue weighted by molar-refractivity contribution is 0.121. The molecule has 0 saturated carbocycles. The van der Waals surface area contributed by atoms with Crippen molar-refractivity contribution in [2.45, 2.75) is 12.5 Å². The number of H-pyrrole nitrogens is 1. The Labute approximate surface area is 186 Å². The van der Waals surface area contributed by atoms with Gasteiger partial charge in [0, 0.05) is 43.1 Å². The van der Waals surface area contributed by atoms with Gasteiger partial charge in [0.05, 0.1) is 26.7 Å². The van der Waals surface area contributed by atoms with Gasteiger partial charge in [-0.1, -0.05) is 0 Å². The van der Waals surface area contributed by atoms with Gasteiger partial charge in [-0.25, -0.2) is 15.0 Å². The molecule has 0 bridgehead atoms. The molecule has 4 aromatic rings. The van der Waals surface area contributed by atoms with E-state index in [9.17, 15) is 0 Å². The number of nitrogens with one attached hydrogen (secondary N) is 1.